The molecule has 1 aliphatic rings. The van der Waals surface area contributed by atoms with E-state index in [1.807, 2.05) is 0 Å². The van der Waals surface area contributed by atoms with Gasteiger partial charge in [-0.05, 0) is 41.5 Å². The lowest BCUT2D eigenvalue weighted by Gasteiger charge is -2.21. The quantitative estimate of drug-likeness (QED) is 0.471. The average Bonchev–Trinajstić information content (AvgIpc) is 3.33. The number of halogens is 2. The molecular formula is C23H15F2N3O5. The van der Waals surface area contributed by atoms with Gasteiger partial charge in [0.25, 0.3) is 6.01 Å². The van der Waals surface area contributed by atoms with Crippen LogP contribution in [0.3, 0.4) is 0 Å². The third-order valence-electron chi connectivity index (χ3n) is 5.27. The molecule has 8 nitrogen and oxygen atoms in total. The van der Waals surface area contributed by atoms with Crippen LogP contribution in [0.25, 0.3) is 17.5 Å². The van der Waals surface area contributed by atoms with E-state index in [2.05, 4.69) is 4.98 Å². The van der Waals surface area contributed by atoms with Gasteiger partial charge in [-0.2, -0.15) is 4.98 Å². The predicted octanol–water partition coefficient (Wildman–Crippen LogP) is 1.58. The van der Waals surface area contributed by atoms with Gasteiger partial charge in [0, 0.05) is 0 Å². The van der Waals surface area contributed by atoms with Crippen molar-refractivity contribution >= 4 is 23.6 Å². The number of esters is 1. The molecule has 0 aliphatic carbocycles. The van der Waals surface area contributed by atoms with Crippen LogP contribution >= 0.6 is 0 Å². The summed E-state index contributed by atoms with van der Waals surface area (Å²) in [4.78, 5) is 29.9. The molecule has 3 heterocycles. The van der Waals surface area contributed by atoms with Crippen molar-refractivity contribution < 1.29 is 27.1 Å². The fraction of sp³-hybridized carbons (Fsp3) is 0.0870. The summed E-state index contributed by atoms with van der Waals surface area (Å²) in [5.74, 6) is -2.54. The van der Waals surface area contributed by atoms with Crippen molar-refractivity contribution in [1.82, 2.24) is 9.55 Å². The van der Waals surface area contributed by atoms with Gasteiger partial charge in [-0.1, -0.05) is 24.3 Å². The van der Waals surface area contributed by atoms with Crippen LogP contribution in [0.1, 0.15) is 22.7 Å². The zero-order valence-corrected chi connectivity index (χ0v) is 17.0. The molecule has 10 heteroatoms. The van der Waals surface area contributed by atoms with Crippen LogP contribution in [0.5, 0.6) is 0 Å². The number of fused-ring (bicyclic) bond motifs is 3. The predicted molar refractivity (Wildman–Crippen MR) is 112 cm³/mol. The fourth-order valence-corrected chi connectivity index (χ4v) is 3.85. The minimum Gasteiger partial charge on any atom is -0.465 e. The van der Waals surface area contributed by atoms with Crippen LogP contribution < -0.4 is 22.3 Å². The number of anilines is 1. The number of oxazole rings is 2. The van der Waals surface area contributed by atoms with Gasteiger partial charge in [-0.3, -0.25) is 0 Å². The van der Waals surface area contributed by atoms with E-state index in [9.17, 15) is 18.4 Å². The number of rotatable bonds is 3. The van der Waals surface area contributed by atoms with Gasteiger partial charge < -0.3 is 19.3 Å². The lowest BCUT2D eigenvalue weighted by Crippen LogP contribution is -2.37. The van der Waals surface area contributed by atoms with E-state index in [4.69, 9.17) is 19.3 Å². The number of aromatic nitrogens is 2. The first kappa shape index (κ1) is 20.4. The van der Waals surface area contributed by atoms with Crippen molar-refractivity contribution in [2.45, 2.75) is 5.92 Å². The molecule has 1 aliphatic heterocycles. The number of nitrogens with two attached hydrogens (primary N) is 1. The second-order valence-corrected chi connectivity index (χ2v) is 7.24. The summed E-state index contributed by atoms with van der Waals surface area (Å²) in [5, 5.41) is -0.00651. The van der Waals surface area contributed by atoms with E-state index in [-0.39, 0.29) is 34.1 Å². The van der Waals surface area contributed by atoms with Gasteiger partial charge in [0.05, 0.1) is 13.0 Å². The van der Waals surface area contributed by atoms with E-state index < -0.39 is 29.1 Å². The molecule has 0 spiro atoms. The lowest BCUT2D eigenvalue weighted by molar-refractivity contribution is -0.134. The van der Waals surface area contributed by atoms with Gasteiger partial charge in [-0.15, -0.1) is 0 Å². The molecule has 0 unspecified atom stereocenters. The molecule has 1 atom stereocenters. The molecule has 33 heavy (non-hydrogen) atoms. The lowest BCUT2D eigenvalue weighted by atomic mass is 9.87. The maximum absolute atomic E-state index is 13.6. The molecule has 5 rings (SSSR count). The van der Waals surface area contributed by atoms with Crippen LogP contribution in [0.4, 0.5) is 14.8 Å². The number of methoxy groups -OCH3 is 1. The Morgan fingerprint density at radius 1 is 1.09 bits per heavy atom. The van der Waals surface area contributed by atoms with E-state index in [1.165, 1.54) is 66.3 Å². The first-order chi connectivity index (χ1) is 15.9. The second kappa shape index (κ2) is 7.59. The first-order valence-corrected chi connectivity index (χ1v) is 9.71. The van der Waals surface area contributed by atoms with E-state index >= 15 is 0 Å². The molecule has 2 aromatic heterocycles. The van der Waals surface area contributed by atoms with Crippen LogP contribution in [0, 0.1) is 11.6 Å². The number of carbonyl (C=O) groups is 1. The Morgan fingerprint density at radius 2 is 1.73 bits per heavy atom. The summed E-state index contributed by atoms with van der Waals surface area (Å²) in [6.07, 6.45) is 1.45. The largest absolute Gasteiger partial charge is 0.465 e. The zero-order chi connectivity index (χ0) is 23.3. The molecule has 166 valence electrons. The zero-order valence-electron chi connectivity index (χ0n) is 17.0. The Hall–Kier alpha value is -4.47. The van der Waals surface area contributed by atoms with Gasteiger partial charge in [0.1, 0.15) is 28.3 Å². The Balaban J connectivity index is 1.90. The monoisotopic (exact) mass is 451 g/mol. The van der Waals surface area contributed by atoms with Crippen molar-refractivity contribution in [3.63, 3.8) is 0 Å². The number of hydrogen-bond acceptors (Lipinski definition) is 7. The highest BCUT2D eigenvalue weighted by Gasteiger charge is 2.39. The molecule has 2 N–H and O–H groups in total. The van der Waals surface area contributed by atoms with E-state index in [0.29, 0.717) is 11.1 Å². The summed E-state index contributed by atoms with van der Waals surface area (Å²) in [6, 6.07) is 10.6. The number of nitrogens with zero attached hydrogens (tertiary/aromatic N) is 2. The van der Waals surface area contributed by atoms with E-state index in [1.54, 1.807) is 0 Å². The number of benzene rings is 2. The highest BCUT2D eigenvalue weighted by Crippen LogP contribution is 2.38. The van der Waals surface area contributed by atoms with E-state index in [0.717, 1.165) is 0 Å². The van der Waals surface area contributed by atoms with Crippen LogP contribution in [-0.4, -0.2) is 22.6 Å². The van der Waals surface area contributed by atoms with Crippen LogP contribution in [-0.2, 0) is 9.53 Å². The topological polar surface area (TPSA) is 113 Å². The summed E-state index contributed by atoms with van der Waals surface area (Å²) in [7, 11) is 1.18. The Labute approximate surface area is 183 Å². The third kappa shape index (κ3) is 3.32. The molecule has 0 fully saturated rings. The van der Waals surface area contributed by atoms with Crippen molar-refractivity contribution in [1.29, 1.82) is 0 Å². The normalized spacial score (nSPS) is 15.3. The van der Waals surface area contributed by atoms with Crippen molar-refractivity contribution in [3.8, 4) is 5.88 Å². The molecular weight excluding hydrogens is 436 g/mol. The highest BCUT2D eigenvalue weighted by molar-refractivity contribution is 6.12. The molecule has 0 radical (unpaired) electrons. The maximum Gasteiger partial charge on any atom is 0.362 e. The molecule has 4 aromatic rings. The summed E-state index contributed by atoms with van der Waals surface area (Å²) in [6.45, 7) is 0. The molecule has 0 amide bonds. The standard InChI is InChI=1S/C23H15F2N3O5/c1-31-22(30)17-16(12-4-8-14(25)9-5-12)18-20(33-23(26)27-18)28-15(21(29)32-19(17)28)10-11-2-6-13(24)7-3-11/h2-10,16H,1H3,(H2,26,27)/b15-10+/t16-/m1/s1. The first-order valence-electron chi connectivity index (χ1n) is 9.71. The summed E-state index contributed by atoms with van der Waals surface area (Å²) >= 11 is 0. The minimum atomic E-state index is -0.904. The third-order valence-corrected chi connectivity index (χ3v) is 5.27. The highest BCUT2D eigenvalue weighted by atomic mass is 19.1. The van der Waals surface area contributed by atoms with Gasteiger partial charge in [0.2, 0.25) is 11.4 Å². The molecule has 0 saturated carbocycles. The fourth-order valence-electron chi connectivity index (χ4n) is 3.85. The van der Waals surface area contributed by atoms with Crippen LogP contribution in [0.15, 0.2) is 62.2 Å². The van der Waals surface area contributed by atoms with Crippen molar-refractivity contribution in [2.75, 3.05) is 12.8 Å². The Bertz CT molecular complexity index is 1560. The van der Waals surface area contributed by atoms with Gasteiger partial charge in [-0.25, -0.2) is 22.9 Å². The Kier molecular flexibility index (Phi) is 4.70. The second-order valence-electron chi connectivity index (χ2n) is 7.24. The van der Waals surface area contributed by atoms with Crippen molar-refractivity contribution in [3.05, 3.63) is 98.3 Å². The Morgan fingerprint density at radius 3 is 2.36 bits per heavy atom. The van der Waals surface area contributed by atoms with Crippen LogP contribution in [0.2, 0.25) is 0 Å². The molecule has 2 aromatic carbocycles. The molecule has 0 bridgehead atoms. The van der Waals surface area contributed by atoms with Gasteiger partial charge in [0.15, 0.2) is 0 Å². The average molecular weight is 451 g/mol. The minimum absolute atomic E-state index is 0.00651. The summed E-state index contributed by atoms with van der Waals surface area (Å²) < 4.78 is 44.2. The number of nitrogen functional groups attached to an aromatic ring is 1. The molecule has 0 saturated heterocycles. The smallest absolute Gasteiger partial charge is 0.362 e. The number of ether oxygens (including phenoxy) is 1. The maximum atomic E-state index is 13.6. The van der Waals surface area contributed by atoms with Crippen molar-refractivity contribution in [2.24, 2.45) is 0 Å². The SMILES string of the molecule is COC(=O)C1=c2oc(=O)/c(=C\c3ccc(F)cc3)n2-c2oc(N)nc2[C@@H]1c1ccc(F)cc1. The number of carbonyl (C=O) groups excluding carboxylic acids is 1. The van der Waals surface area contributed by atoms with Gasteiger partial charge >= 0.3 is 11.6 Å². The summed E-state index contributed by atoms with van der Waals surface area (Å²) in [5.41, 5.74) is 6.05. The number of hydrogen-bond donors (Lipinski definition) is 1.